The monoisotopic (exact) mass is 355 g/mol. The minimum Gasteiger partial charge on any atom is -0.491 e. The predicted octanol–water partition coefficient (Wildman–Crippen LogP) is 2.01. The van der Waals surface area contributed by atoms with Gasteiger partial charge < -0.3 is 19.7 Å². The van der Waals surface area contributed by atoms with Crippen LogP contribution in [0.2, 0.25) is 0 Å². The van der Waals surface area contributed by atoms with Crippen LogP contribution in [-0.2, 0) is 16.1 Å². The first-order chi connectivity index (χ1) is 12.6. The van der Waals surface area contributed by atoms with Gasteiger partial charge >= 0.3 is 0 Å². The van der Waals surface area contributed by atoms with E-state index in [1.54, 1.807) is 29.3 Å². The molecule has 1 aliphatic rings. The van der Waals surface area contributed by atoms with Crippen LogP contribution in [0.25, 0.3) is 0 Å². The SMILES string of the molecule is COCC(=O)Nc1ccc2c(c1)CN(C(=O)c1ccc(C)nc1)CCO2. The molecule has 0 unspecified atom stereocenters. The van der Waals surface area contributed by atoms with Crippen molar-refractivity contribution in [2.75, 3.05) is 32.2 Å². The maximum absolute atomic E-state index is 12.8. The molecule has 1 N–H and O–H groups in total. The van der Waals surface area contributed by atoms with Crippen molar-refractivity contribution in [1.29, 1.82) is 0 Å². The maximum atomic E-state index is 12.8. The van der Waals surface area contributed by atoms with Gasteiger partial charge in [0.05, 0.1) is 12.1 Å². The molecule has 0 saturated heterocycles. The van der Waals surface area contributed by atoms with E-state index in [2.05, 4.69) is 10.3 Å². The molecule has 1 aromatic carbocycles. The first kappa shape index (κ1) is 17.9. The smallest absolute Gasteiger partial charge is 0.255 e. The zero-order valence-corrected chi connectivity index (χ0v) is 14.8. The van der Waals surface area contributed by atoms with E-state index in [-0.39, 0.29) is 18.4 Å². The third-order valence-corrected chi connectivity index (χ3v) is 4.05. The van der Waals surface area contributed by atoms with Crippen molar-refractivity contribution >= 4 is 17.5 Å². The number of anilines is 1. The second-order valence-electron chi connectivity index (χ2n) is 6.07. The fourth-order valence-corrected chi connectivity index (χ4v) is 2.75. The summed E-state index contributed by atoms with van der Waals surface area (Å²) in [6.07, 6.45) is 1.59. The summed E-state index contributed by atoms with van der Waals surface area (Å²) in [6.45, 7) is 3.15. The van der Waals surface area contributed by atoms with Crippen molar-refractivity contribution in [3.8, 4) is 5.75 Å². The van der Waals surface area contributed by atoms with Crippen LogP contribution in [0.15, 0.2) is 36.5 Å². The molecule has 0 bridgehead atoms. The lowest BCUT2D eigenvalue weighted by Crippen LogP contribution is -2.32. The summed E-state index contributed by atoms with van der Waals surface area (Å²) in [6, 6.07) is 8.99. The molecule has 0 spiro atoms. The number of carbonyl (C=O) groups is 2. The first-order valence-electron chi connectivity index (χ1n) is 8.33. The summed E-state index contributed by atoms with van der Waals surface area (Å²) in [5.41, 5.74) is 2.89. The van der Waals surface area contributed by atoms with E-state index in [1.807, 2.05) is 19.1 Å². The van der Waals surface area contributed by atoms with Crippen LogP contribution in [-0.4, -0.2) is 48.6 Å². The fourth-order valence-electron chi connectivity index (χ4n) is 2.75. The average molecular weight is 355 g/mol. The number of benzene rings is 1. The third-order valence-electron chi connectivity index (χ3n) is 4.05. The zero-order valence-electron chi connectivity index (χ0n) is 14.8. The Kier molecular flexibility index (Phi) is 5.48. The maximum Gasteiger partial charge on any atom is 0.255 e. The quantitative estimate of drug-likeness (QED) is 0.907. The van der Waals surface area contributed by atoms with Gasteiger partial charge in [0.2, 0.25) is 5.91 Å². The standard InChI is InChI=1S/C19H21N3O4/c1-13-3-4-14(10-20-13)19(24)22-7-8-26-17-6-5-16(9-15(17)11-22)21-18(23)12-25-2/h3-6,9-10H,7-8,11-12H2,1-2H3,(H,21,23). The lowest BCUT2D eigenvalue weighted by Gasteiger charge is -2.20. The summed E-state index contributed by atoms with van der Waals surface area (Å²) in [5, 5.41) is 2.76. The number of amides is 2. The third kappa shape index (κ3) is 4.18. The molecule has 0 atom stereocenters. The molecule has 1 aliphatic heterocycles. The van der Waals surface area contributed by atoms with Gasteiger partial charge in [0, 0.05) is 36.8 Å². The molecule has 7 heteroatoms. The van der Waals surface area contributed by atoms with E-state index in [0.29, 0.717) is 36.7 Å². The van der Waals surface area contributed by atoms with Crippen molar-refractivity contribution in [3.05, 3.63) is 53.3 Å². The number of fused-ring (bicyclic) bond motifs is 1. The lowest BCUT2D eigenvalue weighted by atomic mass is 10.1. The van der Waals surface area contributed by atoms with Gasteiger partial charge in [0.25, 0.3) is 5.91 Å². The Morgan fingerprint density at radius 3 is 2.88 bits per heavy atom. The summed E-state index contributed by atoms with van der Waals surface area (Å²) < 4.78 is 10.6. The Morgan fingerprint density at radius 1 is 1.31 bits per heavy atom. The molecule has 2 aromatic rings. The van der Waals surface area contributed by atoms with Crippen LogP contribution in [0, 0.1) is 6.92 Å². The number of ether oxygens (including phenoxy) is 2. The van der Waals surface area contributed by atoms with Gasteiger partial charge in [-0.3, -0.25) is 14.6 Å². The van der Waals surface area contributed by atoms with Crippen molar-refractivity contribution < 1.29 is 19.1 Å². The number of rotatable bonds is 4. The molecule has 136 valence electrons. The molecule has 2 amide bonds. The highest BCUT2D eigenvalue weighted by molar-refractivity contribution is 5.94. The normalized spacial score (nSPS) is 13.4. The van der Waals surface area contributed by atoms with Gasteiger partial charge in [-0.05, 0) is 37.3 Å². The number of hydrogen-bond donors (Lipinski definition) is 1. The molecule has 0 radical (unpaired) electrons. The topological polar surface area (TPSA) is 80.8 Å². The second-order valence-corrected chi connectivity index (χ2v) is 6.07. The molecule has 0 aliphatic carbocycles. The Balaban J connectivity index is 1.78. The summed E-state index contributed by atoms with van der Waals surface area (Å²) >= 11 is 0. The van der Waals surface area contributed by atoms with Crippen LogP contribution in [0.4, 0.5) is 5.69 Å². The Labute approximate surface area is 151 Å². The van der Waals surface area contributed by atoms with Gasteiger partial charge in [-0.2, -0.15) is 0 Å². The van der Waals surface area contributed by atoms with E-state index in [9.17, 15) is 9.59 Å². The number of aromatic nitrogens is 1. The number of hydrogen-bond acceptors (Lipinski definition) is 5. The van der Waals surface area contributed by atoms with Crippen molar-refractivity contribution in [2.24, 2.45) is 0 Å². The lowest BCUT2D eigenvalue weighted by molar-refractivity contribution is -0.119. The minimum absolute atomic E-state index is 0.0153. The molecule has 7 nitrogen and oxygen atoms in total. The van der Waals surface area contributed by atoms with Gasteiger partial charge in [-0.25, -0.2) is 0 Å². The van der Waals surface area contributed by atoms with Gasteiger partial charge in [0.15, 0.2) is 0 Å². The van der Waals surface area contributed by atoms with Crippen LogP contribution in [0.5, 0.6) is 5.75 Å². The molecule has 3 rings (SSSR count). The molecule has 0 saturated carbocycles. The van der Waals surface area contributed by atoms with Crippen LogP contribution in [0.3, 0.4) is 0 Å². The Bertz CT molecular complexity index is 805. The number of nitrogens with one attached hydrogen (secondary N) is 1. The second kappa shape index (κ2) is 7.97. The van der Waals surface area contributed by atoms with E-state index in [0.717, 1.165) is 11.3 Å². The minimum atomic E-state index is -0.236. The summed E-state index contributed by atoms with van der Waals surface area (Å²) in [5.74, 6) is 0.385. The van der Waals surface area contributed by atoms with Gasteiger partial charge in [-0.15, -0.1) is 0 Å². The zero-order chi connectivity index (χ0) is 18.5. The van der Waals surface area contributed by atoms with E-state index in [1.165, 1.54) is 7.11 Å². The Morgan fingerprint density at radius 2 is 2.15 bits per heavy atom. The van der Waals surface area contributed by atoms with Gasteiger partial charge in [0.1, 0.15) is 19.0 Å². The predicted molar refractivity (Wildman–Crippen MR) is 96.2 cm³/mol. The van der Waals surface area contributed by atoms with Gasteiger partial charge in [-0.1, -0.05) is 0 Å². The molecular weight excluding hydrogens is 334 g/mol. The Hall–Kier alpha value is -2.93. The number of aryl methyl sites for hydroxylation is 1. The molecule has 1 aromatic heterocycles. The highest BCUT2D eigenvalue weighted by Gasteiger charge is 2.21. The number of nitrogens with zero attached hydrogens (tertiary/aromatic N) is 2. The summed E-state index contributed by atoms with van der Waals surface area (Å²) in [4.78, 5) is 30.4. The molecule has 0 fully saturated rings. The number of pyridine rings is 1. The van der Waals surface area contributed by atoms with Crippen LogP contribution < -0.4 is 10.1 Å². The van der Waals surface area contributed by atoms with Crippen molar-refractivity contribution in [1.82, 2.24) is 9.88 Å². The highest BCUT2D eigenvalue weighted by atomic mass is 16.5. The van der Waals surface area contributed by atoms with Crippen molar-refractivity contribution in [3.63, 3.8) is 0 Å². The molecular formula is C19H21N3O4. The fraction of sp³-hybridized carbons (Fsp3) is 0.316. The first-order valence-corrected chi connectivity index (χ1v) is 8.33. The molecule has 2 heterocycles. The van der Waals surface area contributed by atoms with E-state index >= 15 is 0 Å². The van der Waals surface area contributed by atoms with Crippen molar-refractivity contribution in [2.45, 2.75) is 13.5 Å². The number of carbonyl (C=O) groups excluding carboxylic acids is 2. The average Bonchev–Trinajstić information content (AvgIpc) is 2.84. The largest absolute Gasteiger partial charge is 0.491 e. The molecule has 26 heavy (non-hydrogen) atoms. The highest BCUT2D eigenvalue weighted by Crippen LogP contribution is 2.27. The number of methoxy groups -OCH3 is 1. The van der Waals surface area contributed by atoms with E-state index in [4.69, 9.17) is 9.47 Å². The summed E-state index contributed by atoms with van der Waals surface area (Å²) in [7, 11) is 1.47. The van der Waals surface area contributed by atoms with Crippen LogP contribution >= 0.6 is 0 Å². The van der Waals surface area contributed by atoms with Crippen LogP contribution in [0.1, 0.15) is 21.6 Å². The van der Waals surface area contributed by atoms with E-state index < -0.39 is 0 Å².